The predicted octanol–water partition coefficient (Wildman–Crippen LogP) is 3.19. The molecule has 0 aliphatic rings. The number of aromatic nitrogens is 2. The van der Waals surface area contributed by atoms with Crippen molar-refractivity contribution in [1.29, 1.82) is 0 Å². The van der Waals surface area contributed by atoms with Gasteiger partial charge >= 0.3 is 0 Å². The number of nitrogens with zero attached hydrogens (tertiary/aromatic N) is 1. The van der Waals surface area contributed by atoms with Gasteiger partial charge in [0.25, 0.3) is 5.56 Å². The Bertz CT molecular complexity index is 813. The van der Waals surface area contributed by atoms with Crippen molar-refractivity contribution >= 4 is 28.2 Å². The highest BCUT2D eigenvalue weighted by molar-refractivity contribution is 6.31. The van der Waals surface area contributed by atoms with Gasteiger partial charge in [-0.05, 0) is 29.7 Å². The van der Waals surface area contributed by atoms with Gasteiger partial charge in [-0.1, -0.05) is 29.8 Å². The van der Waals surface area contributed by atoms with Gasteiger partial charge < -0.3 is 10.3 Å². The lowest BCUT2D eigenvalue weighted by Gasteiger charge is -2.07. The normalized spacial score (nSPS) is 10.7. The van der Waals surface area contributed by atoms with Crippen molar-refractivity contribution in [2.45, 2.75) is 6.54 Å². The van der Waals surface area contributed by atoms with E-state index < -0.39 is 0 Å². The van der Waals surface area contributed by atoms with Crippen molar-refractivity contribution < 1.29 is 0 Å². The molecule has 0 amide bonds. The standard InChI is InChI=1S/C15H12ClN3O/c16-14-13(6-3-7-17-14)18-9-11-8-10-4-1-2-5-12(10)19-15(11)20/h1-8,18H,9H2,(H,19,20). The summed E-state index contributed by atoms with van der Waals surface area (Å²) in [5.74, 6) is 0. The van der Waals surface area contributed by atoms with Gasteiger partial charge in [-0.15, -0.1) is 0 Å². The molecule has 0 radical (unpaired) electrons. The third kappa shape index (κ3) is 2.51. The van der Waals surface area contributed by atoms with Crippen LogP contribution >= 0.6 is 11.6 Å². The van der Waals surface area contributed by atoms with Crippen LogP contribution in [-0.4, -0.2) is 9.97 Å². The number of hydrogen-bond acceptors (Lipinski definition) is 3. The van der Waals surface area contributed by atoms with Crippen LogP contribution in [0.4, 0.5) is 5.69 Å². The van der Waals surface area contributed by atoms with E-state index in [1.165, 1.54) is 0 Å². The quantitative estimate of drug-likeness (QED) is 0.727. The molecule has 20 heavy (non-hydrogen) atoms. The zero-order valence-corrected chi connectivity index (χ0v) is 11.3. The minimum absolute atomic E-state index is 0.101. The van der Waals surface area contributed by atoms with Crippen LogP contribution in [0.5, 0.6) is 0 Å². The van der Waals surface area contributed by atoms with Gasteiger partial charge in [-0.3, -0.25) is 4.79 Å². The molecule has 0 saturated heterocycles. The maximum Gasteiger partial charge on any atom is 0.253 e. The Hall–Kier alpha value is -2.33. The molecule has 3 rings (SSSR count). The SMILES string of the molecule is O=c1[nH]c2ccccc2cc1CNc1cccnc1Cl. The zero-order chi connectivity index (χ0) is 13.9. The molecule has 0 saturated carbocycles. The largest absolute Gasteiger partial charge is 0.378 e. The Balaban J connectivity index is 1.89. The first kappa shape index (κ1) is 12.7. The van der Waals surface area contributed by atoms with E-state index in [9.17, 15) is 4.79 Å². The summed E-state index contributed by atoms with van der Waals surface area (Å²) in [7, 11) is 0. The summed E-state index contributed by atoms with van der Waals surface area (Å²) in [5, 5.41) is 4.51. The fourth-order valence-corrected chi connectivity index (χ4v) is 2.22. The molecule has 2 heterocycles. The van der Waals surface area contributed by atoms with Crippen molar-refractivity contribution in [3.05, 3.63) is 69.7 Å². The molecule has 0 unspecified atom stereocenters. The van der Waals surface area contributed by atoms with Crippen LogP contribution in [-0.2, 0) is 6.54 Å². The third-order valence-electron chi connectivity index (χ3n) is 3.06. The average Bonchev–Trinajstić information content (AvgIpc) is 2.46. The highest BCUT2D eigenvalue weighted by atomic mass is 35.5. The summed E-state index contributed by atoms with van der Waals surface area (Å²) in [4.78, 5) is 18.8. The Labute approximate surface area is 120 Å². The zero-order valence-electron chi connectivity index (χ0n) is 10.6. The number of aromatic amines is 1. The Morgan fingerprint density at radius 3 is 2.90 bits per heavy atom. The topological polar surface area (TPSA) is 57.8 Å². The minimum atomic E-state index is -0.101. The van der Waals surface area contributed by atoms with E-state index in [1.807, 2.05) is 36.4 Å². The molecule has 0 atom stereocenters. The number of H-pyrrole nitrogens is 1. The van der Waals surface area contributed by atoms with E-state index in [4.69, 9.17) is 11.6 Å². The van der Waals surface area contributed by atoms with Gasteiger partial charge in [-0.25, -0.2) is 4.98 Å². The number of hydrogen-bond donors (Lipinski definition) is 2. The number of anilines is 1. The maximum atomic E-state index is 12.0. The van der Waals surface area contributed by atoms with Crippen LogP contribution in [0.1, 0.15) is 5.56 Å². The fourth-order valence-electron chi connectivity index (χ4n) is 2.03. The third-order valence-corrected chi connectivity index (χ3v) is 3.36. The Kier molecular flexibility index (Phi) is 3.39. The highest BCUT2D eigenvalue weighted by Crippen LogP contribution is 2.18. The van der Waals surface area contributed by atoms with Gasteiger partial charge in [0.1, 0.15) is 0 Å². The molecular weight excluding hydrogens is 274 g/mol. The first-order valence-electron chi connectivity index (χ1n) is 6.19. The fraction of sp³-hybridized carbons (Fsp3) is 0.0667. The Morgan fingerprint density at radius 2 is 2.05 bits per heavy atom. The van der Waals surface area contributed by atoms with E-state index in [1.54, 1.807) is 12.3 Å². The lowest BCUT2D eigenvalue weighted by molar-refractivity contribution is 1.08. The Morgan fingerprint density at radius 1 is 1.20 bits per heavy atom. The second kappa shape index (κ2) is 5.35. The molecule has 1 aromatic carbocycles. The first-order chi connectivity index (χ1) is 9.74. The van der Waals surface area contributed by atoms with Gasteiger partial charge in [-0.2, -0.15) is 0 Å². The number of nitrogens with one attached hydrogen (secondary N) is 2. The van der Waals surface area contributed by atoms with Crippen molar-refractivity contribution in [1.82, 2.24) is 9.97 Å². The number of rotatable bonds is 3. The molecule has 5 heteroatoms. The molecule has 0 aliphatic heterocycles. The monoisotopic (exact) mass is 285 g/mol. The molecule has 0 spiro atoms. The van der Waals surface area contributed by atoms with Crippen molar-refractivity contribution in [2.75, 3.05) is 5.32 Å². The lowest BCUT2D eigenvalue weighted by atomic mass is 10.1. The lowest BCUT2D eigenvalue weighted by Crippen LogP contribution is -2.15. The number of halogens is 1. The van der Waals surface area contributed by atoms with Gasteiger partial charge in [0, 0.05) is 23.8 Å². The predicted molar refractivity (Wildman–Crippen MR) is 81.1 cm³/mol. The summed E-state index contributed by atoms with van der Waals surface area (Å²) in [5.41, 5.74) is 2.10. The summed E-state index contributed by atoms with van der Waals surface area (Å²) in [6.45, 7) is 0.394. The molecule has 3 aromatic rings. The van der Waals surface area contributed by atoms with Crippen LogP contribution in [0.25, 0.3) is 10.9 Å². The number of fused-ring (bicyclic) bond motifs is 1. The van der Waals surface area contributed by atoms with E-state index >= 15 is 0 Å². The number of para-hydroxylation sites is 1. The number of pyridine rings is 2. The van der Waals surface area contributed by atoms with Gasteiger partial charge in [0.05, 0.1) is 5.69 Å². The molecule has 2 N–H and O–H groups in total. The molecular formula is C15H12ClN3O. The second-order valence-electron chi connectivity index (χ2n) is 4.41. The van der Waals surface area contributed by atoms with E-state index in [0.717, 1.165) is 10.9 Å². The van der Waals surface area contributed by atoms with Crippen molar-refractivity contribution in [2.24, 2.45) is 0 Å². The summed E-state index contributed by atoms with van der Waals surface area (Å²) in [6, 6.07) is 13.2. The van der Waals surface area contributed by atoms with Crippen LogP contribution in [0, 0.1) is 0 Å². The summed E-state index contributed by atoms with van der Waals surface area (Å²) >= 11 is 5.97. The molecule has 100 valence electrons. The molecule has 0 aliphatic carbocycles. The molecule has 0 bridgehead atoms. The second-order valence-corrected chi connectivity index (χ2v) is 4.76. The maximum absolute atomic E-state index is 12.0. The molecule has 2 aromatic heterocycles. The van der Waals surface area contributed by atoms with E-state index in [0.29, 0.717) is 22.9 Å². The summed E-state index contributed by atoms with van der Waals surface area (Å²) in [6.07, 6.45) is 1.62. The van der Waals surface area contributed by atoms with Crippen molar-refractivity contribution in [3.8, 4) is 0 Å². The van der Waals surface area contributed by atoms with Crippen LogP contribution < -0.4 is 10.9 Å². The highest BCUT2D eigenvalue weighted by Gasteiger charge is 2.04. The smallest absolute Gasteiger partial charge is 0.253 e. The van der Waals surface area contributed by atoms with Crippen LogP contribution in [0.15, 0.2) is 53.5 Å². The average molecular weight is 286 g/mol. The van der Waals surface area contributed by atoms with Crippen LogP contribution in [0.3, 0.4) is 0 Å². The minimum Gasteiger partial charge on any atom is -0.378 e. The van der Waals surface area contributed by atoms with Gasteiger partial charge in [0.15, 0.2) is 5.15 Å². The molecule has 4 nitrogen and oxygen atoms in total. The molecule has 0 fully saturated rings. The first-order valence-corrected chi connectivity index (χ1v) is 6.57. The van der Waals surface area contributed by atoms with Crippen molar-refractivity contribution in [3.63, 3.8) is 0 Å². The van der Waals surface area contributed by atoms with E-state index in [-0.39, 0.29) is 5.56 Å². The van der Waals surface area contributed by atoms with E-state index in [2.05, 4.69) is 15.3 Å². The summed E-state index contributed by atoms with van der Waals surface area (Å²) < 4.78 is 0. The van der Waals surface area contributed by atoms with Crippen LogP contribution in [0.2, 0.25) is 5.15 Å². The number of benzene rings is 1. The van der Waals surface area contributed by atoms with Gasteiger partial charge in [0.2, 0.25) is 0 Å².